The Hall–Kier alpha value is -1.99. The lowest BCUT2D eigenvalue weighted by atomic mass is 10.0. The lowest BCUT2D eigenvalue weighted by molar-refractivity contribution is -0.143. The molecule has 0 radical (unpaired) electrons. The minimum atomic E-state index is -4.85. The summed E-state index contributed by atoms with van der Waals surface area (Å²) in [4.78, 5) is 3.75. The van der Waals surface area contributed by atoms with Crippen LogP contribution in [0.5, 0.6) is 0 Å². The second-order valence-electron chi connectivity index (χ2n) is 4.36. The number of nitrogens with zero attached hydrogens (tertiary/aromatic N) is 2. The van der Waals surface area contributed by atoms with Crippen LogP contribution in [0.25, 0.3) is 11.3 Å². The molecule has 0 N–H and O–H groups in total. The summed E-state index contributed by atoms with van der Waals surface area (Å²) in [5.74, 6) is 0. The Kier molecular flexibility index (Phi) is 3.73. The third kappa shape index (κ3) is 3.20. The zero-order valence-corrected chi connectivity index (χ0v) is 10.8. The molecule has 0 atom stereocenters. The fraction of sp³-hybridized carbons (Fsp3) is 0.308. The van der Waals surface area contributed by atoms with Crippen LogP contribution in [0.1, 0.15) is 18.1 Å². The van der Waals surface area contributed by atoms with Gasteiger partial charge >= 0.3 is 12.4 Å². The zero-order chi connectivity index (χ0) is 15.8. The maximum absolute atomic E-state index is 12.8. The molecule has 8 heteroatoms. The SMILES string of the molecule is CCn1cncc1-c1cc(C(F)(F)F)cc(C(F)(F)F)c1. The van der Waals surface area contributed by atoms with Crippen molar-refractivity contribution in [2.75, 3.05) is 0 Å². The molecule has 1 aromatic heterocycles. The Morgan fingerprint density at radius 1 is 0.952 bits per heavy atom. The summed E-state index contributed by atoms with van der Waals surface area (Å²) < 4.78 is 78.1. The first-order valence-corrected chi connectivity index (χ1v) is 5.93. The normalized spacial score (nSPS) is 12.7. The topological polar surface area (TPSA) is 17.8 Å². The standard InChI is InChI=1S/C13H10F6N2/c1-2-21-7-20-6-11(21)8-3-9(12(14,15)16)5-10(4-8)13(17,18)19/h3-7H,2H2,1H3. The maximum Gasteiger partial charge on any atom is 0.416 e. The summed E-state index contributed by atoms with van der Waals surface area (Å²) in [5, 5.41) is 0. The third-order valence-corrected chi connectivity index (χ3v) is 2.94. The number of aromatic nitrogens is 2. The lowest BCUT2D eigenvalue weighted by Gasteiger charge is -2.14. The van der Waals surface area contributed by atoms with Crippen molar-refractivity contribution in [3.63, 3.8) is 0 Å². The molecular formula is C13H10F6N2. The Balaban J connectivity index is 2.66. The van der Waals surface area contributed by atoms with Crippen molar-refractivity contribution in [1.82, 2.24) is 9.55 Å². The van der Waals surface area contributed by atoms with Crippen LogP contribution in [-0.4, -0.2) is 9.55 Å². The van der Waals surface area contributed by atoms with Gasteiger partial charge in [-0.1, -0.05) is 0 Å². The molecule has 0 bridgehead atoms. The Morgan fingerprint density at radius 3 is 1.90 bits per heavy atom. The fourth-order valence-corrected chi connectivity index (χ4v) is 1.92. The molecule has 0 spiro atoms. The number of hydrogen-bond donors (Lipinski definition) is 0. The summed E-state index contributed by atoms with van der Waals surface area (Å²) in [7, 11) is 0. The Morgan fingerprint density at radius 2 is 1.48 bits per heavy atom. The van der Waals surface area contributed by atoms with Crippen LogP contribution in [0.3, 0.4) is 0 Å². The highest BCUT2D eigenvalue weighted by Gasteiger charge is 2.37. The maximum atomic E-state index is 12.8. The minimum Gasteiger partial charge on any atom is -0.331 e. The predicted octanol–water partition coefficient (Wildman–Crippen LogP) is 4.61. The molecule has 1 heterocycles. The summed E-state index contributed by atoms with van der Waals surface area (Å²) in [6, 6.07) is 1.49. The van der Waals surface area contributed by atoms with E-state index in [1.807, 2.05) is 0 Å². The van der Waals surface area contributed by atoms with Gasteiger partial charge in [-0.15, -0.1) is 0 Å². The number of alkyl halides is 6. The number of aryl methyl sites for hydroxylation is 1. The van der Waals surface area contributed by atoms with E-state index in [1.165, 1.54) is 17.1 Å². The van der Waals surface area contributed by atoms with E-state index in [4.69, 9.17) is 0 Å². The third-order valence-electron chi connectivity index (χ3n) is 2.94. The molecule has 1 aromatic carbocycles. The van der Waals surface area contributed by atoms with Crippen LogP contribution >= 0.6 is 0 Å². The predicted molar refractivity (Wildman–Crippen MR) is 63.3 cm³/mol. The van der Waals surface area contributed by atoms with Gasteiger partial charge in [-0.2, -0.15) is 26.3 Å². The van der Waals surface area contributed by atoms with Gasteiger partial charge in [0.05, 0.1) is 29.3 Å². The first-order chi connectivity index (χ1) is 9.63. The first kappa shape index (κ1) is 15.4. The highest BCUT2D eigenvalue weighted by molar-refractivity contribution is 5.62. The molecule has 0 saturated carbocycles. The number of halogens is 6. The number of benzene rings is 1. The molecule has 0 aliphatic carbocycles. The monoisotopic (exact) mass is 308 g/mol. The van der Waals surface area contributed by atoms with Gasteiger partial charge in [0.25, 0.3) is 0 Å². The smallest absolute Gasteiger partial charge is 0.331 e. The van der Waals surface area contributed by atoms with E-state index < -0.39 is 23.5 Å². The van der Waals surface area contributed by atoms with E-state index >= 15 is 0 Å². The summed E-state index contributed by atoms with van der Waals surface area (Å²) >= 11 is 0. The molecule has 21 heavy (non-hydrogen) atoms. The Bertz CT molecular complexity index is 607. The summed E-state index contributed by atoms with van der Waals surface area (Å²) in [6.45, 7) is 2.09. The van der Waals surface area contributed by atoms with Crippen LogP contribution in [0.4, 0.5) is 26.3 Å². The van der Waals surface area contributed by atoms with Gasteiger partial charge in [0.1, 0.15) is 0 Å². The average Bonchev–Trinajstić information content (AvgIpc) is 2.84. The van der Waals surface area contributed by atoms with E-state index in [2.05, 4.69) is 4.98 Å². The molecule has 0 saturated heterocycles. The molecule has 2 rings (SSSR count). The first-order valence-electron chi connectivity index (χ1n) is 5.93. The van der Waals surface area contributed by atoms with E-state index in [9.17, 15) is 26.3 Å². The van der Waals surface area contributed by atoms with Gasteiger partial charge < -0.3 is 4.57 Å². The van der Waals surface area contributed by atoms with E-state index in [-0.39, 0.29) is 17.3 Å². The Labute approximate surface area is 116 Å². The van der Waals surface area contributed by atoms with E-state index in [0.29, 0.717) is 18.7 Å². The van der Waals surface area contributed by atoms with Gasteiger partial charge in [0.2, 0.25) is 0 Å². The van der Waals surface area contributed by atoms with Gasteiger partial charge in [-0.25, -0.2) is 4.98 Å². The van der Waals surface area contributed by atoms with Gasteiger partial charge in [-0.3, -0.25) is 0 Å². The number of hydrogen-bond acceptors (Lipinski definition) is 1. The van der Waals surface area contributed by atoms with E-state index in [1.54, 1.807) is 6.92 Å². The minimum absolute atomic E-state index is 0.107. The highest BCUT2D eigenvalue weighted by atomic mass is 19.4. The molecule has 0 unspecified atom stereocenters. The second kappa shape index (κ2) is 5.09. The van der Waals surface area contributed by atoms with Crippen molar-refractivity contribution >= 4 is 0 Å². The van der Waals surface area contributed by atoms with Gasteiger partial charge in [0, 0.05) is 12.1 Å². The van der Waals surface area contributed by atoms with Crippen molar-refractivity contribution in [3.8, 4) is 11.3 Å². The van der Waals surface area contributed by atoms with Crippen LogP contribution < -0.4 is 0 Å². The van der Waals surface area contributed by atoms with Gasteiger partial charge in [-0.05, 0) is 25.1 Å². The van der Waals surface area contributed by atoms with Crippen LogP contribution in [0.2, 0.25) is 0 Å². The quantitative estimate of drug-likeness (QED) is 0.741. The van der Waals surface area contributed by atoms with Crippen LogP contribution in [0.15, 0.2) is 30.7 Å². The molecule has 0 aliphatic rings. The van der Waals surface area contributed by atoms with Crippen molar-refractivity contribution in [2.24, 2.45) is 0 Å². The molecule has 0 fully saturated rings. The van der Waals surface area contributed by atoms with Gasteiger partial charge in [0.15, 0.2) is 0 Å². The van der Waals surface area contributed by atoms with Crippen molar-refractivity contribution in [3.05, 3.63) is 41.9 Å². The number of rotatable bonds is 2. The lowest BCUT2D eigenvalue weighted by Crippen LogP contribution is -2.11. The highest BCUT2D eigenvalue weighted by Crippen LogP contribution is 2.38. The van der Waals surface area contributed by atoms with E-state index in [0.717, 1.165) is 0 Å². The zero-order valence-electron chi connectivity index (χ0n) is 10.8. The summed E-state index contributed by atoms with van der Waals surface area (Å²) in [5.41, 5.74) is -2.64. The van der Waals surface area contributed by atoms with Crippen LogP contribution in [0, 0.1) is 0 Å². The van der Waals surface area contributed by atoms with Crippen LogP contribution in [-0.2, 0) is 18.9 Å². The average molecular weight is 308 g/mol. The fourth-order valence-electron chi connectivity index (χ4n) is 1.92. The second-order valence-corrected chi connectivity index (χ2v) is 4.36. The summed E-state index contributed by atoms with van der Waals surface area (Å²) in [6.07, 6.45) is -7.12. The molecule has 0 amide bonds. The van der Waals surface area contributed by atoms with Crippen molar-refractivity contribution in [1.29, 1.82) is 0 Å². The largest absolute Gasteiger partial charge is 0.416 e. The molecule has 2 aromatic rings. The molecule has 2 nitrogen and oxygen atoms in total. The molecule has 114 valence electrons. The van der Waals surface area contributed by atoms with Crippen molar-refractivity contribution in [2.45, 2.75) is 25.8 Å². The number of imidazole rings is 1. The van der Waals surface area contributed by atoms with Crippen molar-refractivity contribution < 1.29 is 26.3 Å². The molecule has 0 aliphatic heterocycles. The molecular weight excluding hydrogens is 298 g/mol.